The third kappa shape index (κ3) is 3.35. The molecule has 0 spiro atoms. The predicted molar refractivity (Wildman–Crippen MR) is 47.3 cm³/mol. The Labute approximate surface area is 80.5 Å². The van der Waals surface area contributed by atoms with E-state index in [9.17, 15) is 14.0 Å². The van der Waals surface area contributed by atoms with Gasteiger partial charge in [0.15, 0.2) is 0 Å². The van der Waals surface area contributed by atoms with Gasteiger partial charge in [-0.15, -0.1) is 0 Å². The Morgan fingerprint density at radius 3 is 2.36 bits per heavy atom. The van der Waals surface area contributed by atoms with Crippen LogP contribution in [0.1, 0.15) is 13.3 Å². The Kier molecular flexibility index (Phi) is 3.34. The van der Waals surface area contributed by atoms with Gasteiger partial charge in [-0.1, -0.05) is 0 Å². The lowest BCUT2D eigenvalue weighted by atomic mass is 10.3. The molecular formula is C10H9FO3. The van der Waals surface area contributed by atoms with Gasteiger partial charge in [0.25, 0.3) is 0 Å². The molecule has 0 fully saturated rings. The van der Waals surface area contributed by atoms with Crippen LogP contribution in [0.2, 0.25) is 0 Å². The van der Waals surface area contributed by atoms with Gasteiger partial charge >= 0.3 is 5.97 Å². The van der Waals surface area contributed by atoms with Crippen molar-refractivity contribution in [3.05, 3.63) is 30.1 Å². The molecule has 4 heteroatoms. The van der Waals surface area contributed by atoms with Gasteiger partial charge in [-0.3, -0.25) is 9.59 Å². The fraction of sp³-hybridized carbons (Fsp3) is 0.200. The average Bonchev–Trinajstić information content (AvgIpc) is 2.07. The number of carbonyl (C=O) groups is 2. The third-order valence-electron chi connectivity index (χ3n) is 1.44. The fourth-order valence-corrected chi connectivity index (χ4v) is 0.873. The monoisotopic (exact) mass is 196 g/mol. The molecule has 74 valence electrons. The molecule has 1 aromatic carbocycles. The molecule has 0 heterocycles. The normalized spacial score (nSPS) is 9.57. The molecule has 14 heavy (non-hydrogen) atoms. The molecule has 0 bridgehead atoms. The van der Waals surface area contributed by atoms with Crippen LogP contribution in [0.15, 0.2) is 24.3 Å². The van der Waals surface area contributed by atoms with Crippen molar-refractivity contribution in [1.29, 1.82) is 0 Å². The number of ketones is 1. The number of hydrogen-bond acceptors (Lipinski definition) is 3. The van der Waals surface area contributed by atoms with Crippen molar-refractivity contribution in [2.24, 2.45) is 0 Å². The fourth-order valence-electron chi connectivity index (χ4n) is 0.873. The minimum atomic E-state index is -0.635. The van der Waals surface area contributed by atoms with E-state index in [2.05, 4.69) is 0 Å². The van der Waals surface area contributed by atoms with Gasteiger partial charge in [0, 0.05) is 0 Å². The van der Waals surface area contributed by atoms with E-state index in [0.717, 1.165) is 0 Å². The first-order valence-electron chi connectivity index (χ1n) is 4.03. The number of rotatable bonds is 3. The van der Waals surface area contributed by atoms with Gasteiger partial charge in [0.05, 0.1) is 0 Å². The highest BCUT2D eigenvalue weighted by Gasteiger charge is 2.07. The molecule has 0 atom stereocenters. The molecule has 3 nitrogen and oxygen atoms in total. The SMILES string of the molecule is CC(=O)CC(=O)Oc1ccc(F)cc1. The van der Waals surface area contributed by atoms with E-state index in [-0.39, 0.29) is 18.0 Å². The summed E-state index contributed by atoms with van der Waals surface area (Å²) in [4.78, 5) is 21.5. The molecule has 0 aliphatic rings. The van der Waals surface area contributed by atoms with Gasteiger partial charge in [-0.05, 0) is 31.2 Å². The van der Waals surface area contributed by atoms with Crippen LogP contribution in [-0.2, 0) is 9.59 Å². The standard InChI is InChI=1S/C10H9FO3/c1-7(12)6-10(13)14-9-4-2-8(11)3-5-9/h2-5H,6H2,1H3. The van der Waals surface area contributed by atoms with Crippen molar-refractivity contribution >= 4 is 11.8 Å². The number of hydrogen-bond donors (Lipinski definition) is 0. The van der Waals surface area contributed by atoms with E-state index in [4.69, 9.17) is 4.74 Å². The summed E-state index contributed by atoms with van der Waals surface area (Å²) >= 11 is 0. The molecule has 0 aromatic heterocycles. The topological polar surface area (TPSA) is 43.4 Å². The summed E-state index contributed by atoms with van der Waals surface area (Å²) in [7, 11) is 0. The van der Waals surface area contributed by atoms with Gasteiger partial charge < -0.3 is 4.74 Å². The lowest BCUT2D eigenvalue weighted by molar-refractivity contribution is -0.137. The van der Waals surface area contributed by atoms with Crippen LogP contribution in [0, 0.1) is 5.82 Å². The van der Waals surface area contributed by atoms with Gasteiger partial charge in [-0.25, -0.2) is 4.39 Å². The zero-order chi connectivity index (χ0) is 10.6. The summed E-state index contributed by atoms with van der Waals surface area (Å²) in [5, 5.41) is 0. The maximum Gasteiger partial charge on any atom is 0.318 e. The second-order valence-electron chi connectivity index (χ2n) is 2.81. The predicted octanol–water partition coefficient (Wildman–Crippen LogP) is 1.71. The number of carbonyl (C=O) groups excluding carboxylic acids is 2. The first-order valence-corrected chi connectivity index (χ1v) is 4.03. The van der Waals surface area contributed by atoms with Crippen molar-refractivity contribution in [1.82, 2.24) is 0 Å². The Morgan fingerprint density at radius 1 is 1.29 bits per heavy atom. The molecule has 0 saturated heterocycles. The van der Waals surface area contributed by atoms with Crippen LogP contribution in [0.5, 0.6) is 5.75 Å². The summed E-state index contributed by atoms with van der Waals surface area (Å²) in [6.07, 6.45) is -0.266. The molecule has 0 radical (unpaired) electrons. The van der Waals surface area contributed by atoms with Crippen LogP contribution in [0.3, 0.4) is 0 Å². The zero-order valence-electron chi connectivity index (χ0n) is 7.62. The van der Waals surface area contributed by atoms with E-state index in [0.29, 0.717) is 0 Å². The number of benzene rings is 1. The first-order chi connectivity index (χ1) is 6.58. The molecule has 0 aliphatic heterocycles. The highest BCUT2D eigenvalue weighted by molar-refractivity contribution is 5.94. The number of esters is 1. The van der Waals surface area contributed by atoms with Crippen LogP contribution >= 0.6 is 0 Å². The molecule has 1 aromatic rings. The van der Waals surface area contributed by atoms with Crippen molar-refractivity contribution in [2.75, 3.05) is 0 Å². The average molecular weight is 196 g/mol. The Bertz CT molecular complexity index is 343. The van der Waals surface area contributed by atoms with Crippen molar-refractivity contribution in [3.8, 4) is 5.75 Å². The summed E-state index contributed by atoms with van der Waals surface area (Å²) in [5.74, 6) is -1.07. The van der Waals surface area contributed by atoms with Gasteiger partial charge in [0.2, 0.25) is 0 Å². The second-order valence-corrected chi connectivity index (χ2v) is 2.81. The van der Waals surface area contributed by atoms with Crippen LogP contribution < -0.4 is 4.74 Å². The van der Waals surface area contributed by atoms with Crippen molar-refractivity contribution in [3.63, 3.8) is 0 Å². The molecular weight excluding hydrogens is 187 g/mol. The summed E-state index contributed by atoms with van der Waals surface area (Å²) in [5.41, 5.74) is 0. The molecule has 1 rings (SSSR count). The third-order valence-corrected chi connectivity index (χ3v) is 1.44. The maximum absolute atomic E-state index is 12.4. The second kappa shape index (κ2) is 4.50. The lowest BCUT2D eigenvalue weighted by Gasteiger charge is -2.01. The highest BCUT2D eigenvalue weighted by Crippen LogP contribution is 2.11. The lowest BCUT2D eigenvalue weighted by Crippen LogP contribution is -2.11. The van der Waals surface area contributed by atoms with Crippen LogP contribution in [-0.4, -0.2) is 11.8 Å². The Balaban J connectivity index is 2.56. The largest absolute Gasteiger partial charge is 0.426 e. The molecule has 0 N–H and O–H groups in total. The summed E-state index contributed by atoms with van der Waals surface area (Å²) in [6, 6.07) is 5.01. The molecule has 0 amide bonds. The highest BCUT2D eigenvalue weighted by atomic mass is 19.1. The molecule has 0 aliphatic carbocycles. The van der Waals surface area contributed by atoms with E-state index >= 15 is 0 Å². The van der Waals surface area contributed by atoms with Gasteiger partial charge in [0.1, 0.15) is 23.8 Å². The minimum Gasteiger partial charge on any atom is -0.426 e. The zero-order valence-corrected chi connectivity index (χ0v) is 7.62. The number of halogens is 1. The van der Waals surface area contributed by atoms with E-state index in [1.165, 1.54) is 31.2 Å². The number of Topliss-reactive ketones (excluding diaryl/α,β-unsaturated/α-hetero) is 1. The summed E-state index contributed by atoms with van der Waals surface area (Å²) < 4.78 is 17.2. The van der Waals surface area contributed by atoms with Crippen LogP contribution in [0.25, 0.3) is 0 Å². The van der Waals surface area contributed by atoms with E-state index in [1.807, 2.05) is 0 Å². The van der Waals surface area contributed by atoms with Gasteiger partial charge in [-0.2, -0.15) is 0 Å². The quantitative estimate of drug-likeness (QED) is 0.420. The van der Waals surface area contributed by atoms with Crippen molar-refractivity contribution < 1.29 is 18.7 Å². The van der Waals surface area contributed by atoms with E-state index in [1.54, 1.807) is 0 Å². The molecule has 0 saturated carbocycles. The summed E-state index contributed by atoms with van der Waals surface area (Å²) in [6.45, 7) is 1.30. The molecule has 0 unspecified atom stereocenters. The van der Waals surface area contributed by atoms with Crippen molar-refractivity contribution in [2.45, 2.75) is 13.3 Å². The van der Waals surface area contributed by atoms with Crippen LogP contribution in [0.4, 0.5) is 4.39 Å². The van der Waals surface area contributed by atoms with E-state index < -0.39 is 11.8 Å². The minimum absolute atomic E-state index is 0.234. The maximum atomic E-state index is 12.4. The Hall–Kier alpha value is -1.71. The first kappa shape index (κ1) is 10.4. The smallest absolute Gasteiger partial charge is 0.318 e. The number of ether oxygens (including phenoxy) is 1. The Morgan fingerprint density at radius 2 is 1.86 bits per heavy atom.